The Balaban J connectivity index is 1.58. The largest absolute Gasteiger partial charge is 0.398 e. The summed E-state index contributed by atoms with van der Waals surface area (Å²) >= 11 is 1.01. The number of hydrogen-bond donors (Lipinski definition) is 4. The third kappa shape index (κ3) is 5.57. The number of aromatic nitrogens is 3. The number of aromatic amines is 1. The number of benzene rings is 1. The van der Waals surface area contributed by atoms with Gasteiger partial charge < -0.3 is 11.1 Å². The lowest BCUT2D eigenvalue weighted by atomic mass is 9.96. The number of H-pyrrole nitrogens is 1. The van der Waals surface area contributed by atoms with Gasteiger partial charge in [0.05, 0.1) is 5.25 Å². The Morgan fingerprint density at radius 3 is 2.62 bits per heavy atom. The number of carbonyl (C=O) groups excluding carboxylic acids is 2. The molecule has 1 aromatic carbocycles. The summed E-state index contributed by atoms with van der Waals surface area (Å²) in [6.07, 6.45) is 5.22. The molecular formula is C19H24N6O3S. The van der Waals surface area contributed by atoms with Crippen LogP contribution in [0.25, 0.3) is 11.3 Å². The zero-order valence-electron chi connectivity index (χ0n) is 16.1. The first-order valence-corrected chi connectivity index (χ1v) is 10.4. The van der Waals surface area contributed by atoms with Crippen molar-refractivity contribution in [2.75, 3.05) is 5.73 Å². The Labute approximate surface area is 172 Å². The molecule has 1 atom stereocenters. The number of rotatable bonds is 5. The summed E-state index contributed by atoms with van der Waals surface area (Å²) in [5, 5.41) is 12.6. The van der Waals surface area contributed by atoms with E-state index in [1.165, 1.54) is 6.42 Å². The smallest absolute Gasteiger partial charge is 0.321 e. The Hall–Kier alpha value is -2.88. The molecule has 1 fully saturated rings. The molecule has 5 N–H and O–H groups in total. The molecule has 3 rings (SSSR count). The number of nitrogens with zero attached hydrogens (tertiary/aromatic N) is 2. The van der Waals surface area contributed by atoms with Gasteiger partial charge in [-0.2, -0.15) is 0 Å². The molecule has 0 aliphatic heterocycles. The van der Waals surface area contributed by atoms with Crippen molar-refractivity contribution in [1.29, 1.82) is 0 Å². The van der Waals surface area contributed by atoms with Crippen molar-refractivity contribution in [1.82, 2.24) is 25.8 Å². The monoisotopic (exact) mass is 416 g/mol. The number of amides is 3. The Morgan fingerprint density at radius 1 is 1.21 bits per heavy atom. The van der Waals surface area contributed by atoms with Gasteiger partial charge in [0.25, 0.3) is 5.56 Å². The number of imide groups is 1. The van der Waals surface area contributed by atoms with E-state index in [0.717, 1.165) is 37.4 Å². The molecule has 1 saturated carbocycles. The molecule has 9 nitrogen and oxygen atoms in total. The molecule has 0 spiro atoms. The number of urea groups is 1. The van der Waals surface area contributed by atoms with Crippen LogP contribution in [0.5, 0.6) is 0 Å². The average molecular weight is 417 g/mol. The van der Waals surface area contributed by atoms with Gasteiger partial charge in [0, 0.05) is 17.3 Å². The Kier molecular flexibility index (Phi) is 6.86. The maximum Gasteiger partial charge on any atom is 0.321 e. The molecule has 1 aliphatic carbocycles. The van der Waals surface area contributed by atoms with Crippen molar-refractivity contribution >= 4 is 29.4 Å². The van der Waals surface area contributed by atoms with Crippen molar-refractivity contribution < 1.29 is 9.59 Å². The van der Waals surface area contributed by atoms with Crippen molar-refractivity contribution in [2.45, 2.75) is 55.5 Å². The van der Waals surface area contributed by atoms with Gasteiger partial charge in [0.2, 0.25) is 5.91 Å². The van der Waals surface area contributed by atoms with Crippen LogP contribution in [0.4, 0.5) is 10.5 Å². The van der Waals surface area contributed by atoms with Crippen LogP contribution in [0, 0.1) is 0 Å². The van der Waals surface area contributed by atoms with Gasteiger partial charge in [0.15, 0.2) is 10.9 Å². The number of anilines is 1. The van der Waals surface area contributed by atoms with E-state index in [4.69, 9.17) is 5.73 Å². The Morgan fingerprint density at radius 2 is 1.93 bits per heavy atom. The minimum atomic E-state index is -0.648. The molecule has 1 aromatic heterocycles. The fourth-order valence-electron chi connectivity index (χ4n) is 3.17. The molecule has 1 heterocycles. The Bertz CT molecular complexity index is 942. The quantitative estimate of drug-likeness (QED) is 0.431. The van der Waals surface area contributed by atoms with E-state index in [0.29, 0.717) is 11.3 Å². The highest BCUT2D eigenvalue weighted by atomic mass is 32.2. The minimum absolute atomic E-state index is 0.108. The number of nitrogens with one attached hydrogen (secondary N) is 3. The lowest BCUT2D eigenvalue weighted by molar-refractivity contribution is -0.119. The maximum atomic E-state index is 12.4. The van der Waals surface area contributed by atoms with E-state index in [9.17, 15) is 14.4 Å². The van der Waals surface area contributed by atoms with E-state index in [2.05, 4.69) is 25.8 Å². The topological polar surface area (TPSA) is 143 Å². The van der Waals surface area contributed by atoms with Gasteiger partial charge >= 0.3 is 6.03 Å². The molecule has 154 valence electrons. The predicted molar refractivity (Wildman–Crippen MR) is 111 cm³/mol. The molecular weight excluding hydrogens is 392 g/mol. The molecule has 0 unspecified atom stereocenters. The summed E-state index contributed by atoms with van der Waals surface area (Å²) in [6.45, 7) is 1.62. The van der Waals surface area contributed by atoms with Gasteiger partial charge in [-0.25, -0.2) is 4.79 Å². The number of para-hydroxylation sites is 1. The molecule has 0 bridgehead atoms. The standard InChI is InChI=1S/C19H24N6O3S/c1-11(16(26)22-18(28)21-12-7-3-2-4-8-12)29-19-23-17(27)15(24-25-19)13-9-5-6-10-14(13)20/h5-6,9-12H,2-4,7-8,20H2,1H3,(H,23,25,27)(H2,21,22,26,28)/t11-/m1/s1. The number of nitrogens with two attached hydrogens (primary N) is 1. The number of nitrogen functional groups attached to an aromatic ring is 1. The van der Waals surface area contributed by atoms with E-state index in [-0.39, 0.29) is 16.9 Å². The molecule has 0 radical (unpaired) electrons. The number of hydrogen-bond acceptors (Lipinski definition) is 7. The van der Waals surface area contributed by atoms with Crippen LogP contribution in [0.15, 0.2) is 34.2 Å². The number of thioether (sulfide) groups is 1. The number of carbonyl (C=O) groups is 2. The molecule has 0 saturated heterocycles. The summed E-state index contributed by atoms with van der Waals surface area (Å²) in [7, 11) is 0. The van der Waals surface area contributed by atoms with Crippen LogP contribution in [0.3, 0.4) is 0 Å². The van der Waals surface area contributed by atoms with E-state index in [1.807, 2.05) is 0 Å². The van der Waals surface area contributed by atoms with Crippen LogP contribution in [-0.2, 0) is 4.79 Å². The molecule has 10 heteroatoms. The van der Waals surface area contributed by atoms with Gasteiger partial charge in [0.1, 0.15) is 0 Å². The van der Waals surface area contributed by atoms with Gasteiger partial charge in [-0.15, -0.1) is 10.2 Å². The van der Waals surface area contributed by atoms with Crippen molar-refractivity contribution in [3.63, 3.8) is 0 Å². The maximum absolute atomic E-state index is 12.4. The molecule has 3 amide bonds. The highest BCUT2D eigenvalue weighted by molar-refractivity contribution is 8.00. The highest BCUT2D eigenvalue weighted by Gasteiger charge is 2.21. The van der Waals surface area contributed by atoms with E-state index < -0.39 is 22.7 Å². The molecule has 1 aliphatic rings. The first-order chi connectivity index (χ1) is 13.9. The van der Waals surface area contributed by atoms with Crippen molar-refractivity contribution in [3.05, 3.63) is 34.6 Å². The second-order valence-electron chi connectivity index (χ2n) is 6.95. The van der Waals surface area contributed by atoms with E-state index >= 15 is 0 Å². The fraction of sp³-hybridized carbons (Fsp3) is 0.421. The van der Waals surface area contributed by atoms with Crippen molar-refractivity contribution in [3.8, 4) is 11.3 Å². The summed E-state index contributed by atoms with van der Waals surface area (Å²) < 4.78 is 0. The van der Waals surface area contributed by atoms with Crippen LogP contribution in [-0.4, -0.2) is 38.4 Å². The summed E-state index contributed by atoms with van der Waals surface area (Å²) in [5.74, 6) is -0.470. The van der Waals surface area contributed by atoms with Crippen molar-refractivity contribution in [2.24, 2.45) is 0 Å². The fourth-order valence-corrected chi connectivity index (χ4v) is 3.91. The summed E-state index contributed by atoms with van der Waals surface area (Å²) in [6, 6.07) is 6.48. The van der Waals surface area contributed by atoms with Crippen LogP contribution in [0.1, 0.15) is 39.0 Å². The third-order valence-electron chi connectivity index (χ3n) is 4.73. The van der Waals surface area contributed by atoms with Gasteiger partial charge in [-0.1, -0.05) is 49.2 Å². The van der Waals surface area contributed by atoms with Gasteiger partial charge in [-0.05, 0) is 25.8 Å². The van der Waals surface area contributed by atoms with Gasteiger partial charge in [-0.3, -0.25) is 19.9 Å². The molecule has 29 heavy (non-hydrogen) atoms. The average Bonchev–Trinajstić information content (AvgIpc) is 2.69. The van der Waals surface area contributed by atoms with Crippen LogP contribution < -0.4 is 21.9 Å². The first kappa shape index (κ1) is 20.8. The third-order valence-corrected chi connectivity index (χ3v) is 5.70. The lowest BCUT2D eigenvalue weighted by Crippen LogP contribution is -2.47. The SMILES string of the molecule is C[C@@H](Sc1nnc(-c2ccccc2N)c(=O)[nH]1)C(=O)NC(=O)NC1CCCCC1. The second-order valence-corrected chi connectivity index (χ2v) is 8.28. The first-order valence-electron chi connectivity index (χ1n) is 9.54. The minimum Gasteiger partial charge on any atom is -0.398 e. The molecule has 2 aromatic rings. The lowest BCUT2D eigenvalue weighted by Gasteiger charge is -2.22. The van der Waals surface area contributed by atoms with Crippen LogP contribution in [0.2, 0.25) is 0 Å². The zero-order chi connectivity index (χ0) is 20.8. The van der Waals surface area contributed by atoms with E-state index in [1.54, 1.807) is 31.2 Å². The van der Waals surface area contributed by atoms with Crippen LogP contribution >= 0.6 is 11.8 Å². The predicted octanol–water partition coefficient (Wildman–Crippen LogP) is 2.05. The highest BCUT2D eigenvalue weighted by Crippen LogP contribution is 2.22. The summed E-state index contributed by atoms with van der Waals surface area (Å²) in [5.41, 5.74) is 6.44. The zero-order valence-corrected chi connectivity index (χ0v) is 16.9. The normalized spacial score (nSPS) is 15.5. The second kappa shape index (κ2) is 9.55. The summed E-state index contributed by atoms with van der Waals surface area (Å²) in [4.78, 5) is 39.2.